The van der Waals surface area contributed by atoms with E-state index in [4.69, 9.17) is 4.42 Å². The second-order valence-corrected chi connectivity index (χ2v) is 18.1. The van der Waals surface area contributed by atoms with Crippen LogP contribution in [0.25, 0.3) is 55.3 Å². The minimum absolute atomic E-state index is 0.560. The molecule has 0 fully saturated rings. The van der Waals surface area contributed by atoms with E-state index >= 15 is 0 Å². The van der Waals surface area contributed by atoms with E-state index in [9.17, 15) is 0 Å². The highest BCUT2D eigenvalue weighted by Crippen LogP contribution is 2.57. The monoisotopic (exact) mass is 894 g/mol. The van der Waals surface area contributed by atoms with Gasteiger partial charge in [-0.05, 0) is 134 Å². The van der Waals surface area contributed by atoms with Gasteiger partial charge in [0.1, 0.15) is 11.2 Å². The van der Waals surface area contributed by atoms with Gasteiger partial charge < -0.3 is 14.2 Å². The number of rotatable bonds is 10. The van der Waals surface area contributed by atoms with Gasteiger partial charge in [-0.25, -0.2) is 0 Å². The van der Waals surface area contributed by atoms with Gasteiger partial charge in [-0.2, -0.15) is 0 Å². The van der Waals surface area contributed by atoms with Crippen LogP contribution < -0.4 is 9.80 Å². The number of para-hydroxylation sites is 1. The zero-order valence-electron chi connectivity index (χ0n) is 38.4. The highest BCUT2D eigenvalue weighted by molar-refractivity contribution is 6.06. The molecule has 0 aliphatic heterocycles. The molecule has 0 radical (unpaired) electrons. The summed E-state index contributed by atoms with van der Waals surface area (Å²) in [5.41, 5.74) is 19.6. The smallest absolute Gasteiger partial charge is 0.135 e. The lowest BCUT2D eigenvalue weighted by atomic mass is 9.67. The summed E-state index contributed by atoms with van der Waals surface area (Å²) in [6.45, 7) is 0. The molecule has 1 heterocycles. The van der Waals surface area contributed by atoms with Crippen molar-refractivity contribution in [2.75, 3.05) is 9.80 Å². The van der Waals surface area contributed by atoms with Gasteiger partial charge >= 0.3 is 0 Å². The van der Waals surface area contributed by atoms with Crippen molar-refractivity contribution in [3.05, 3.63) is 301 Å². The van der Waals surface area contributed by atoms with E-state index in [1.54, 1.807) is 0 Å². The predicted molar refractivity (Wildman–Crippen MR) is 291 cm³/mol. The van der Waals surface area contributed by atoms with Crippen LogP contribution in [0.1, 0.15) is 22.3 Å². The van der Waals surface area contributed by atoms with Crippen molar-refractivity contribution in [3.63, 3.8) is 0 Å². The number of fused-ring (bicyclic) bond motifs is 6. The molecular weight excluding hydrogens is 849 g/mol. The van der Waals surface area contributed by atoms with Crippen molar-refractivity contribution in [2.45, 2.75) is 5.41 Å². The zero-order valence-corrected chi connectivity index (χ0v) is 38.4. The first kappa shape index (κ1) is 41.0. The molecule has 3 heteroatoms. The molecule has 12 aromatic rings. The van der Waals surface area contributed by atoms with Crippen molar-refractivity contribution in [3.8, 4) is 33.4 Å². The molecule has 0 saturated carbocycles. The first-order valence-electron chi connectivity index (χ1n) is 24.0. The number of benzene rings is 11. The van der Waals surface area contributed by atoms with Gasteiger partial charge in [0, 0.05) is 44.9 Å². The topological polar surface area (TPSA) is 19.6 Å². The Kier molecular flexibility index (Phi) is 10.1. The van der Waals surface area contributed by atoms with Gasteiger partial charge in [0.05, 0.1) is 5.41 Å². The van der Waals surface area contributed by atoms with Crippen molar-refractivity contribution in [1.82, 2.24) is 0 Å². The maximum atomic E-state index is 6.42. The quantitative estimate of drug-likeness (QED) is 0.136. The molecule has 0 atom stereocenters. The van der Waals surface area contributed by atoms with Gasteiger partial charge in [-0.1, -0.05) is 200 Å². The van der Waals surface area contributed by atoms with Crippen LogP contribution in [0, 0.1) is 0 Å². The van der Waals surface area contributed by atoms with E-state index in [0.717, 1.165) is 61.6 Å². The molecule has 0 N–H and O–H groups in total. The van der Waals surface area contributed by atoms with Crippen LogP contribution in [0.2, 0.25) is 0 Å². The van der Waals surface area contributed by atoms with Crippen LogP contribution in [0.15, 0.2) is 283 Å². The fourth-order valence-electron chi connectivity index (χ4n) is 11.0. The first-order valence-corrected chi connectivity index (χ1v) is 24.0. The van der Waals surface area contributed by atoms with Crippen molar-refractivity contribution < 1.29 is 4.42 Å². The third-order valence-corrected chi connectivity index (χ3v) is 14.1. The molecule has 0 saturated heterocycles. The number of furan rings is 1. The van der Waals surface area contributed by atoms with E-state index < -0.39 is 5.41 Å². The van der Waals surface area contributed by atoms with E-state index in [1.807, 2.05) is 12.1 Å². The van der Waals surface area contributed by atoms with Gasteiger partial charge in [0.2, 0.25) is 0 Å². The lowest BCUT2D eigenvalue weighted by molar-refractivity contribution is 0.669. The van der Waals surface area contributed by atoms with Crippen LogP contribution in [0.3, 0.4) is 0 Å². The number of anilines is 6. The Morgan fingerprint density at radius 1 is 0.257 bits per heavy atom. The van der Waals surface area contributed by atoms with Crippen molar-refractivity contribution >= 4 is 56.1 Å². The van der Waals surface area contributed by atoms with Crippen LogP contribution in [0.5, 0.6) is 0 Å². The third-order valence-electron chi connectivity index (χ3n) is 14.1. The summed E-state index contributed by atoms with van der Waals surface area (Å²) in [6, 6.07) is 101. The number of nitrogens with zero attached hydrogens (tertiary/aromatic N) is 2. The standard InChI is InChI=1S/C67H46N2O/c1-4-19-47(20-5-1)49-37-39-53(40-38-49)68(54-27-16-23-50(43-54)48-21-6-2-7-22-48)56-29-18-30-57(45-56)69(58-41-42-66-62(46-58)61-33-12-15-36-65(61)70-66)55-28-17-26-52(44-55)67(51-24-8-3-9-25-51)63-34-13-10-31-59(63)60-32-11-14-35-64(60)67/h1-46H. The molecule has 0 amide bonds. The molecule has 3 nitrogen and oxygen atoms in total. The summed E-state index contributed by atoms with van der Waals surface area (Å²) in [6.07, 6.45) is 0. The Balaban J connectivity index is 1.02. The number of hydrogen-bond donors (Lipinski definition) is 0. The molecule has 0 bridgehead atoms. The van der Waals surface area contributed by atoms with E-state index in [-0.39, 0.29) is 0 Å². The van der Waals surface area contributed by atoms with Crippen LogP contribution in [-0.2, 0) is 5.41 Å². The molecule has 0 spiro atoms. The predicted octanol–water partition coefficient (Wildman–Crippen LogP) is 18.2. The molecule has 1 aromatic heterocycles. The number of hydrogen-bond acceptors (Lipinski definition) is 3. The normalized spacial score (nSPS) is 12.4. The summed E-state index contributed by atoms with van der Waals surface area (Å²) < 4.78 is 6.42. The Hall–Kier alpha value is -9.18. The summed E-state index contributed by atoms with van der Waals surface area (Å²) in [5.74, 6) is 0. The maximum Gasteiger partial charge on any atom is 0.135 e. The Labute approximate surface area is 408 Å². The molecule has 1 aliphatic carbocycles. The second kappa shape index (κ2) is 17.2. The average molecular weight is 895 g/mol. The summed E-state index contributed by atoms with van der Waals surface area (Å²) in [7, 11) is 0. The van der Waals surface area contributed by atoms with E-state index in [1.165, 1.54) is 50.1 Å². The lowest BCUT2D eigenvalue weighted by Gasteiger charge is -2.35. The molecule has 70 heavy (non-hydrogen) atoms. The maximum absolute atomic E-state index is 6.42. The van der Waals surface area contributed by atoms with Crippen LogP contribution in [-0.4, -0.2) is 0 Å². The van der Waals surface area contributed by atoms with E-state index in [0.29, 0.717) is 0 Å². The Morgan fingerprint density at radius 3 is 1.39 bits per heavy atom. The second-order valence-electron chi connectivity index (χ2n) is 18.1. The summed E-state index contributed by atoms with van der Waals surface area (Å²) in [4.78, 5) is 4.79. The minimum atomic E-state index is -0.560. The Bertz CT molecular complexity index is 3790. The van der Waals surface area contributed by atoms with Crippen molar-refractivity contribution in [2.24, 2.45) is 0 Å². The van der Waals surface area contributed by atoms with Gasteiger partial charge in [-0.3, -0.25) is 0 Å². The third kappa shape index (κ3) is 6.90. The zero-order chi connectivity index (χ0) is 46.4. The van der Waals surface area contributed by atoms with Gasteiger partial charge in [0.15, 0.2) is 0 Å². The molecule has 0 unspecified atom stereocenters. The van der Waals surface area contributed by atoms with Gasteiger partial charge in [0.25, 0.3) is 0 Å². The molecule has 330 valence electrons. The largest absolute Gasteiger partial charge is 0.456 e. The van der Waals surface area contributed by atoms with Crippen molar-refractivity contribution in [1.29, 1.82) is 0 Å². The summed E-state index contributed by atoms with van der Waals surface area (Å²) >= 11 is 0. The molecule has 1 aliphatic rings. The highest BCUT2D eigenvalue weighted by atomic mass is 16.3. The molecular formula is C67H46N2O. The van der Waals surface area contributed by atoms with Gasteiger partial charge in [-0.15, -0.1) is 0 Å². The highest BCUT2D eigenvalue weighted by Gasteiger charge is 2.46. The molecule has 13 rings (SSSR count). The average Bonchev–Trinajstić information content (AvgIpc) is 3.96. The van der Waals surface area contributed by atoms with Crippen LogP contribution >= 0.6 is 0 Å². The SMILES string of the molecule is c1ccc(-c2ccc(N(c3cccc(-c4ccccc4)c3)c3cccc(N(c4cccc(C5(c6ccccc6)c6ccccc6-c6ccccc65)c4)c4ccc5oc6ccccc6c5c4)c3)cc2)cc1. The first-order chi connectivity index (χ1) is 34.7. The molecule has 11 aromatic carbocycles. The lowest BCUT2D eigenvalue weighted by Crippen LogP contribution is -2.28. The van der Waals surface area contributed by atoms with Crippen LogP contribution in [0.4, 0.5) is 34.1 Å². The van der Waals surface area contributed by atoms with E-state index in [2.05, 4.69) is 277 Å². The fraction of sp³-hybridized carbons (Fsp3) is 0.0149. The minimum Gasteiger partial charge on any atom is -0.456 e. The fourth-order valence-corrected chi connectivity index (χ4v) is 11.0. The summed E-state index contributed by atoms with van der Waals surface area (Å²) in [5, 5.41) is 2.16. The Morgan fingerprint density at radius 2 is 0.700 bits per heavy atom.